The molecule has 2 fully saturated rings. The lowest BCUT2D eigenvalue weighted by atomic mass is 9.71. The summed E-state index contributed by atoms with van der Waals surface area (Å²) in [6, 6.07) is 0.919. The summed E-state index contributed by atoms with van der Waals surface area (Å²) in [6.45, 7) is 1.08. The Bertz CT molecular complexity index is 701. The van der Waals surface area contributed by atoms with Gasteiger partial charge in [-0.15, -0.1) is 0 Å². The van der Waals surface area contributed by atoms with Crippen molar-refractivity contribution in [3.05, 3.63) is 17.5 Å². The molecule has 1 N–H and O–H groups in total. The van der Waals surface area contributed by atoms with Gasteiger partial charge in [-0.3, -0.25) is 14.3 Å². The molecule has 1 amide bonds. The van der Waals surface area contributed by atoms with Gasteiger partial charge in [0.2, 0.25) is 5.91 Å². The number of carboxylic acids is 1. The molecule has 0 bridgehead atoms. The van der Waals surface area contributed by atoms with Crippen molar-refractivity contribution in [2.75, 3.05) is 13.1 Å². The van der Waals surface area contributed by atoms with E-state index in [4.69, 9.17) is 5.11 Å². The number of halogens is 3. The molecule has 6 nitrogen and oxygen atoms in total. The van der Waals surface area contributed by atoms with Gasteiger partial charge in [-0.2, -0.15) is 18.3 Å². The van der Waals surface area contributed by atoms with Crippen LogP contribution in [0.4, 0.5) is 13.2 Å². The van der Waals surface area contributed by atoms with E-state index in [0.717, 1.165) is 23.6 Å². The molecular formula is C17H22F3N3O3. The Kier molecular flexibility index (Phi) is 4.98. The standard InChI is InChI=1S/C17H22F3N3O3/c1-22-13(7-14(21-22)17(18,19)20)8-15(24)23-5-4-10-6-11(16(25)26)2-3-12(10)9-23/h7,10-12H,2-6,8-9H2,1H3,(H,25,26). The van der Waals surface area contributed by atoms with Crippen LogP contribution >= 0.6 is 0 Å². The predicted octanol–water partition coefficient (Wildman–Crippen LogP) is 2.33. The summed E-state index contributed by atoms with van der Waals surface area (Å²) < 4.78 is 39.3. The molecule has 0 spiro atoms. The molecule has 1 saturated carbocycles. The molecule has 1 aliphatic heterocycles. The third-order valence-corrected chi connectivity index (χ3v) is 5.67. The monoisotopic (exact) mass is 373 g/mol. The number of aliphatic carboxylic acids is 1. The van der Waals surface area contributed by atoms with Crippen molar-refractivity contribution in [1.82, 2.24) is 14.7 Å². The number of hydrogen-bond donors (Lipinski definition) is 1. The molecule has 2 aliphatic rings. The topological polar surface area (TPSA) is 75.4 Å². The van der Waals surface area contributed by atoms with E-state index >= 15 is 0 Å². The lowest BCUT2D eigenvalue weighted by molar-refractivity contribution is -0.145. The SMILES string of the molecule is Cn1nc(C(F)(F)F)cc1CC(=O)N1CCC2CC(C(=O)O)CCC2C1. The van der Waals surface area contributed by atoms with Gasteiger partial charge in [0, 0.05) is 25.8 Å². The Hall–Kier alpha value is -2.06. The van der Waals surface area contributed by atoms with Gasteiger partial charge >= 0.3 is 12.1 Å². The summed E-state index contributed by atoms with van der Waals surface area (Å²) in [5, 5.41) is 12.6. The summed E-state index contributed by atoms with van der Waals surface area (Å²) in [5.74, 6) is -0.670. The number of aryl methyl sites for hydroxylation is 1. The van der Waals surface area contributed by atoms with Crippen molar-refractivity contribution >= 4 is 11.9 Å². The van der Waals surface area contributed by atoms with Crippen LogP contribution in [-0.2, 0) is 29.2 Å². The van der Waals surface area contributed by atoms with E-state index in [1.807, 2.05) is 0 Å². The highest BCUT2D eigenvalue weighted by Crippen LogP contribution is 2.39. The van der Waals surface area contributed by atoms with Crippen LogP contribution in [0, 0.1) is 17.8 Å². The van der Waals surface area contributed by atoms with Crippen molar-refractivity contribution in [3.63, 3.8) is 0 Å². The molecule has 3 unspecified atom stereocenters. The number of nitrogens with zero attached hydrogens (tertiary/aromatic N) is 3. The average Bonchev–Trinajstić information content (AvgIpc) is 2.94. The lowest BCUT2D eigenvalue weighted by Gasteiger charge is -2.42. The molecule has 0 aromatic carbocycles. The third-order valence-electron chi connectivity index (χ3n) is 5.67. The number of carbonyl (C=O) groups excluding carboxylic acids is 1. The van der Waals surface area contributed by atoms with Crippen molar-refractivity contribution in [2.45, 2.75) is 38.3 Å². The molecule has 9 heteroatoms. The zero-order chi connectivity index (χ0) is 19.1. The largest absolute Gasteiger partial charge is 0.481 e. The van der Waals surface area contributed by atoms with E-state index in [1.165, 1.54) is 7.05 Å². The fourth-order valence-electron chi connectivity index (χ4n) is 4.14. The second-order valence-corrected chi connectivity index (χ2v) is 7.32. The first-order chi connectivity index (χ1) is 12.1. The summed E-state index contributed by atoms with van der Waals surface area (Å²) >= 11 is 0. The number of likely N-dealkylation sites (tertiary alicyclic amines) is 1. The van der Waals surface area contributed by atoms with Gasteiger partial charge in [0.05, 0.1) is 12.3 Å². The highest BCUT2D eigenvalue weighted by molar-refractivity contribution is 5.78. The smallest absolute Gasteiger partial charge is 0.435 e. The average molecular weight is 373 g/mol. The first-order valence-electron chi connectivity index (χ1n) is 8.76. The van der Waals surface area contributed by atoms with Gasteiger partial charge < -0.3 is 10.0 Å². The number of hydrogen-bond acceptors (Lipinski definition) is 3. The molecule has 26 heavy (non-hydrogen) atoms. The van der Waals surface area contributed by atoms with E-state index in [2.05, 4.69) is 5.10 Å². The highest BCUT2D eigenvalue weighted by Gasteiger charge is 2.39. The van der Waals surface area contributed by atoms with E-state index in [1.54, 1.807) is 4.90 Å². The quantitative estimate of drug-likeness (QED) is 0.882. The van der Waals surface area contributed by atoms with E-state index in [0.29, 0.717) is 31.8 Å². The van der Waals surface area contributed by atoms with Gasteiger partial charge in [0.25, 0.3) is 0 Å². The van der Waals surface area contributed by atoms with Crippen LogP contribution in [0.15, 0.2) is 6.07 Å². The molecular weight excluding hydrogens is 351 g/mol. The molecule has 3 rings (SSSR count). The number of aromatic nitrogens is 2. The molecule has 0 radical (unpaired) electrons. The predicted molar refractivity (Wildman–Crippen MR) is 85.1 cm³/mol. The van der Waals surface area contributed by atoms with Crippen LogP contribution in [0.3, 0.4) is 0 Å². The van der Waals surface area contributed by atoms with Crippen molar-refractivity contribution in [2.24, 2.45) is 24.8 Å². The maximum Gasteiger partial charge on any atom is 0.435 e. The number of piperidine rings is 1. The number of amides is 1. The van der Waals surface area contributed by atoms with Crippen LogP contribution in [0.1, 0.15) is 37.1 Å². The first-order valence-corrected chi connectivity index (χ1v) is 8.76. The Morgan fingerprint density at radius 1 is 1.27 bits per heavy atom. The lowest BCUT2D eigenvalue weighted by Crippen LogP contribution is -2.47. The maximum absolute atomic E-state index is 12.7. The fraction of sp³-hybridized carbons (Fsp3) is 0.706. The Morgan fingerprint density at radius 3 is 2.62 bits per heavy atom. The van der Waals surface area contributed by atoms with Gasteiger partial charge in [-0.05, 0) is 43.6 Å². The Labute approximate surface area is 149 Å². The molecule has 2 heterocycles. The van der Waals surface area contributed by atoms with E-state index in [-0.39, 0.29) is 29.9 Å². The molecule has 144 valence electrons. The second kappa shape index (κ2) is 6.92. The van der Waals surface area contributed by atoms with Gasteiger partial charge in [-0.1, -0.05) is 0 Å². The number of alkyl halides is 3. The van der Waals surface area contributed by atoms with Crippen molar-refractivity contribution in [3.8, 4) is 0 Å². The van der Waals surface area contributed by atoms with Crippen LogP contribution in [0.5, 0.6) is 0 Å². The minimum absolute atomic E-state index is 0.116. The van der Waals surface area contributed by atoms with Crippen LogP contribution < -0.4 is 0 Å². The summed E-state index contributed by atoms with van der Waals surface area (Å²) in [4.78, 5) is 25.4. The molecule has 1 aromatic rings. The zero-order valence-corrected chi connectivity index (χ0v) is 14.5. The van der Waals surface area contributed by atoms with Crippen LogP contribution in [0.2, 0.25) is 0 Å². The van der Waals surface area contributed by atoms with Crippen molar-refractivity contribution < 1.29 is 27.9 Å². The molecule has 1 aromatic heterocycles. The summed E-state index contributed by atoms with van der Waals surface area (Å²) in [6.07, 6.45) is -1.85. The molecule has 1 saturated heterocycles. The number of rotatable bonds is 3. The minimum atomic E-state index is -4.53. The van der Waals surface area contributed by atoms with Crippen molar-refractivity contribution in [1.29, 1.82) is 0 Å². The van der Waals surface area contributed by atoms with Gasteiger partial charge in [-0.25, -0.2) is 0 Å². The van der Waals surface area contributed by atoms with Gasteiger partial charge in [0.1, 0.15) is 0 Å². The van der Waals surface area contributed by atoms with E-state index in [9.17, 15) is 22.8 Å². The fourth-order valence-corrected chi connectivity index (χ4v) is 4.14. The summed E-state index contributed by atoms with van der Waals surface area (Å²) in [5.41, 5.74) is -0.757. The number of fused-ring (bicyclic) bond motifs is 1. The van der Waals surface area contributed by atoms with Crippen LogP contribution in [0.25, 0.3) is 0 Å². The normalized spacial score (nSPS) is 26.5. The third kappa shape index (κ3) is 3.86. The van der Waals surface area contributed by atoms with Gasteiger partial charge in [0.15, 0.2) is 5.69 Å². The van der Waals surface area contributed by atoms with Crippen LogP contribution in [-0.4, -0.2) is 44.8 Å². The van der Waals surface area contributed by atoms with E-state index < -0.39 is 17.8 Å². The Morgan fingerprint density at radius 2 is 2.00 bits per heavy atom. The summed E-state index contributed by atoms with van der Waals surface area (Å²) in [7, 11) is 1.40. The zero-order valence-electron chi connectivity index (χ0n) is 14.5. The highest BCUT2D eigenvalue weighted by atomic mass is 19.4. The Balaban J connectivity index is 1.60. The first kappa shape index (κ1) is 18.7. The maximum atomic E-state index is 12.7. The molecule has 3 atom stereocenters. The second-order valence-electron chi connectivity index (χ2n) is 7.32. The molecule has 1 aliphatic carbocycles. The number of carbonyl (C=O) groups is 2. The number of carboxylic acid groups (broad SMARTS) is 1. The minimum Gasteiger partial charge on any atom is -0.481 e.